The molecule has 2 amide bonds. The van der Waals surface area contributed by atoms with Crippen LogP contribution in [0.15, 0.2) is 60.7 Å². The molecule has 4 aromatic rings. The van der Waals surface area contributed by atoms with E-state index in [-0.39, 0.29) is 23.3 Å². The molecule has 0 fully saturated rings. The Morgan fingerprint density at radius 2 is 1.74 bits per heavy atom. The van der Waals surface area contributed by atoms with E-state index >= 15 is 0 Å². The molecule has 2 heterocycles. The minimum absolute atomic E-state index is 0.162. The van der Waals surface area contributed by atoms with Gasteiger partial charge in [-0.05, 0) is 56.4 Å². The van der Waals surface area contributed by atoms with Crippen molar-refractivity contribution in [1.82, 2.24) is 25.4 Å². The number of hydrogen-bond acceptors (Lipinski definition) is 4. The molecule has 8 heteroatoms. The van der Waals surface area contributed by atoms with Gasteiger partial charge in [-0.15, -0.1) is 0 Å². The number of rotatable bonds is 13. The van der Waals surface area contributed by atoms with Gasteiger partial charge in [-0.2, -0.15) is 5.10 Å². The van der Waals surface area contributed by atoms with Crippen molar-refractivity contribution in [3.8, 4) is 11.3 Å². The second kappa shape index (κ2) is 13.0. The monoisotopic (exact) mass is 527 g/mol. The third-order valence-corrected chi connectivity index (χ3v) is 7.04. The number of Topliss-reactive ketones (excluding diaryl/α,β-unsaturated/α-hetero) is 1. The van der Waals surface area contributed by atoms with Gasteiger partial charge in [-0.3, -0.25) is 14.3 Å². The summed E-state index contributed by atoms with van der Waals surface area (Å²) in [7, 11) is 1.78. The van der Waals surface area contributed by atoms with Crippen molar-refractivity contribution in [2.75, 3.05) is 6.54 Å². The number of benzene rings is 2. The molecule has 1 atom stereocenters. The number of unbranched alkanes of at least 4 members (excludes halogenated alkanes) is 2. The summed E-state index contributed by atoms with van der Waals surface area (Å²) >= 11 is 0. The first-order chi connectivity index (χ1) is 18.8. The van der Waals surface area contributed by atoms with Gasteiger partial charge < -0.3 is 20.4 Å². The number of hydrogen-bond donors (Lipinski definition) is 3. The topological polar surface area (TPSA) is 109 Å². The van der Waals surface area contributed by atoms with E-state index in [1.807, 2.05) is 37.3 Å². The zero-order valence-corrected chi connectivity index (χ0v) is 22.9. The van der Waals surface area contributed by atoms with Crippen LogP contribution in [0.2, 0.25) is 0 Å². The first kappa shape index (κ1) is 27.8. The summed E-state index contributed by atoms with van der Waals surface area (Å²) in [6.07, 6.45) is 3.98. The second-order valence-corrected chi connectivity index (χ2v) is 10.1. The first-order valence-corrected chi connectivity index (χ1v) is 13.6. The van der Waals surface area contributed by atoms with Crippen LogP contribution in [-0.4, -0.2) is 44.9 Å². The lowest BCUT2D eigenvalue weighted by Crippen LogP contribution is -2.47. The lowest BCUT2D eigenvalue weighted by Gasteiger charge is -2.18. The van der Waals surface area contributed by atoms with Crippen LogP contribution in [0.1, 0.15) is 60.8 Å². The summed E-state index contributed by atoms with van der Waals surface area (Å²) in [5, 5.41) is 11.3. The number of carbonyl (C=O) groups is 3. The van der Waals surface area contributed by atoms with Crippen LogP contribution < -0.4 is 10.6 Å². The van der Waals surface area contributed by atoms with Crippen LogP contribution in [0.5, 0.6) is 0 Å². The van der Waals surface area contributed by atoms with E-state index < -0.39 is 6.04 Å². The fraction of sp³-hybridized carbons (Fsp3) is 0.355. The lowest BCUT2D eigenvalue weighted by atomic mass is 10.0. The highest BCUT2D eigenvalue weighted by molar-refractivity contribution is 5.96. The number of nitrogens with zero attached hydrogens (tertiary/aromatic N) is 2. The molecule has 204 valence electrons. The molecular formula is C31H37N5O3. The fourth-order valence-electron chi connectivity index (χ4n) is 4.82. The van der Waals surface area contributed by atoms with Crippen LogP contribution in [0.4, 0.5) is 0 Å². The normalized spacial score (nSPS) is 11.9. The molecule has 8 nitrogen and oxygen atoms in total. The number of nitrogens with one attached hydrogen (secondary N) is 3. The number of amides is 2. The van der Waals surface area contributed by atoms with E-state index in [9.17, 15) is 14.4 Å². The summed E-state index contributed by atoms with van der Waals surface area (Å²) in [4.78, 5) is 41.0. The van der Waals surface area contributed by atoms with Crippen LogP contribution in [0.25, 0.3) is 22.2 Å². The van der Waals surface area contributed by atoms with E-state index in [2.05, 4.69) is 45.0 Å². The minimum Gasteiger partial charge on any atom is -0.354 e. The third kappa shape index (κ3) is 7.22. The predicted molar refractivity (Wildman–Crippen MR) is 153 cm³/mol. The molecule has 39 heavy (non-hydrogen) atoms. The Hall–Kier alpha value is -4.20. The number of aromatic nitrogens is 3. The van der Waals surface area contributed by atoms with Gasteiger partial charge in [0.1, 0.15) is 17.5 Å². The Balaban J connectivity index is 1.44. The number of fused-ring (bicyclic) bond motifs is 1. The SMILES string of the molecule is CC(=O)CCCCC[C@H](NC(=O)c1cc(C)n(C)n1)C(=O)NCCc1c(-c2ccccc2)[nH]c2ccccc12. The molecule has 3 N–H and O–H groups in total. The molecule has 0 aliphatic carbocycles. The number of H-pyrrole nitrogens is 1. The Kier molecular flexibility index (Phi) is 9.31. The molecule has 0 saturated carbocycles. The smallest absolute Gasteiger partial charge is 0.272 e. The van der Waals surface area contributed by atoms with Crippen molar-refractivity contribution in [1.29, 1.82) is 0 Å². The molecule has 0 saturated heterocycles. The van der Waals surface area contributed by atoms with Crippen LogP contribution >= 0.6 is 0 Å². The van der Waals surface area contributed by atoms with E-state index in [0.29, 0.717) is 25.8 Å². The van der Waals surface area contributed by atoms with Crippen molar-refractivity contribution in [2.45, 2.75) is 58.4 Å². The zero-order valence-electron chi connectivity index (χ0n) is 22.9. The Morgan fingerprint density at radius 1 is 1.00 bits per heavy atom. The summed E-state index contributed by atoms with van der Waals surface area (Å²) in [6, 6.07) is 19.4. The molecule has 2 aromatic heterocycles. The van der Waals surface area contributed by atoms with Gasteiger partial charge in [-0.25, -0.2) is 0 Å². The maximum atomic E-state index is 13.3. The van der Waals surface area contributed by atoms with Gasteiger partial charge in [0.05, 0.1) is 0 Å². The summed E-state index contributed by atoms with van der Waals surface area (Å²) < 4.78 is 1.64. The highest BCUT2D eigenvalue weighted by atomic mass is 16.2. The lowest BCUT2D eigenvalue weighted by molar-refractivity contribution is -0.123. The van der Waals surface area contributed by atoms with Crippen LogP contribution in [0, 0.1) is 6.92 Å². The van der Waals surface area contributed by atoms with Crippen molar-refractivity contribution in [2.24, 2.45) is 7.05 Å². The third-order valence-electron chi connectivity index (χ3n) is 7.04. The van der Waals surface area contributed by atoms with Gasteiger partial charge in [0.25, 0.3) is 5.91 Å². The predicted octanol–water partition coefficient (Wildman–Crippen LogP) is 4.87. The standard InChI is InChI=1S/C31H37N5O3/c1-21-20-28(35-36(21)3)31(39)34-27(17-9-4-6-12-22(2)37)30(38)32-19-18-25-24-15-10-11-16-26(24)33-29(25)23-13-7-5-8-14-23/h5,7-8,10-11,13-16,20,27,33H,4,6,9,12,17-19H2,1-3H3,(H,32,38)(H,34,39)/t27-/m0/s1. The van der Waals surface area contributed by atoms with Crippen molar-refractivity contribution < 1.29 is 14.4 Å². The molecule has 0 unspecified atom stereocenters. The van der Waals surface area contributed by atoms with Crippen LogP contribution in [-0.2, 0) is 23.1 Å². The summed E-state index contributed by atoms with van der Waals surface area (Å²) in [6.45, 7) is 3.89. The molecule has 0 radical (unpaired) electrons. The van der Waals surface area contributed by atoms with E-state index in [1.54, 1.807) is 24.7 Å². The number of aryl methyl sites for hydroxylation is 2. The Bertz CT molecular complexity index is 1420. The number of para-hydroxylation sites is 1. The van der Waals surface area contributed by atoms with Crippen molar-refractivity contribution in [3.63, 3.8) is 0 Å². The average molecular weight is 528 g/mol. The quantitative estimate of drug-likeness (QED) is 0.216. The van der Waals surface area contributed by atoms with Gasteiger partial charge in [0, 0.05) is 42.3 Å². The first-order valence-electron chi connectivity index (χ1n) is 13.6. The molecule has 2 aromatic carbocycles. The van der Waals surface area contributed by atoms with E-state index in [1.165, 1.54) is 0 Å². The fourth-order valence-corrected chi connectivity index (χ4v) is 4.82. The maximum absolute atomic E-state index is 13.3. The highest BCUT2D eigenvalue weighted by Gasteiger charge is 2.23. The zero-order chi connectivity index (χ0) is 27.8. The Morgan fingerprint density at radius 3 is 2.46 bits per heavy atom. The summed E-state index contributed by atoms with van der Waals surface area (Å²) in [5.74, 6) is -0.426. The number of aromatic amines is 1. The summed E-state index contributed by atoms with van der Waals surface area (Å²) in [5.41, 5.74) is 5.49. The molecule has 0 aliphatic rings. The van der Waals surface area contributed by atoms with Gasteiger partial charge in [0.2, 0.25) is 5.91 Å². The Labute approximate surface area is 229 Å². The van der Waals surface area contributed by atoms with Gasteiger partial charge in [0.15, 0.2) is 0 Å². The largest absolute Gasteiger partial charge is 0.354 e. The number of carbonyl (C=O) groups excluding carboxylic acids is 3. The van der Waals surface area contributed by atoms with E-state index in [4.69, 9.17) is 0 Å². The molecule has 0 bridgehead atoms. The van der Waals surface area contributed by atoms with Crippen molar-refractivity contribution in [3.05, 3.63) is 77.6 Å². The molecule has 4 rings (SSSR count). The molecule has 0 aliphatic heterocycles. The molecule has 0 spiro atoms. The van der Waals surface area contributed by atoms with Gasteiger partial charge in [-0.1, -0.05) is 61.4 Å². The van der Waals surface area contributed by atoms with E-state index in [0.717, 1.165) is 52.7 Å². The minimum atomic E-state index is -0.686. The van der Waals surface area contributed by atoms with Gasteiger partial charge >= 0.3 is 0 Å². The highest BCUT2D eigenvalue weighted by Crippen LogP contribution is 2.30. The van der Waals surface area contributed by atoms with Crippen LogP contribution in [0.3, 0.4) is 0 Å². The second-order valence-electron chi connectivity index (χ2n) is 10.1. The van der Waals surface area contributed by atoms with Crippen molar-refractivity contribution >= 4 is 28.5 Å². The average Bonchev–Trinajstić information content (AvgIpc) is 3.47. The molecular weight excluding hydrogens is 490 g/mol. The number of ketones is 1. The maximum Gasteiger partial charge on any atom is 0.272 e.